The van der Waals surface area contributed by atoms with E-state index in [0.717, 1.165) is 78.0 Å². The first-order valence-corrected chi connectivity index (χ1v) is 14.2. The number of furan rings is 2. The normalized spacial score (nSPS) is 11.3. The van der Waals surface area contributed by atoms with E-state index < -0.39 is 0 Å². The molecule has 0 atom stereocenters. The topological polar surface area (TPSA) is 26.3 Å². The highest BCUT2D eigenvalue weighted by Gasteiger charge is 2.18. The van der Waals surface area contributed by atoms with Gasteiger partial charge in [0.05, 0.1) is 0 Å². The maximum Gasteiger partial charge on any atom is 0.142 e. The summed E-state index contributed by atoms with van der Waals surface area (Å²) in [6.45, 7) is 0. The SMILES string of the molecule is c1ccc(-c2oc(-c3ccc(-c4cccc(-c5oc(-c6ccccc6)c6ccccc56)c4)cc3)c3ccccc23)cc1. The minimum atomic E-state index is 0.887. The molecule has 2 aromatic heterocycles. The molecule has 6 aromatic carbocycles. The molecule has 0 unspecified atom stereocenters. The summed E-state index contributed by atoms with van der Waals surface area (Å²) < 4.78 is 13.1. The van der Waals surface area contributed by atoms with Gasteiger partial charge in [-0.15, -0.1) is 0 Å². The summed E-state index contributed by atoms with van der Waals surface area (Å²) in [7, 11) is 0. The summed E-state index contributed by atoms with van der Waals surface area (Å²) in [6.07, 6.45) is 0. The first-order valence-electron chi connectivity index (χ1n) is 14.2. The van der Waals surface area contributed by atoms with Gasteiger partial charge >= 0.3 is 0 Å². The van der Waals surface area contributed by atoms with Gasteiger partial charge in [-0.25, -0.2) is 0 Å². The number of hydrogen-bond acceptors (Lipinski definition) is 2. The van der Waals surface area contributed by atoms with E-state index in [1.807, 2.05) is 36.4 Å². The van der Waals surface area contributed by atoms with E-state index in [9.17, 15) is 0 Å². The van der Waals surface area contributed by atoms with Gasteiger partial charge in [-0.1, -0.05) is 152 Å². The number of hydrogen-bond donors (Lipinski definition) is 0. The third-order valence-corrected chi connectivity index (χ3v) is 7.92. The van der Waals surface area contributed by atoms with Crippen molar-refractivity contribution in [3.63, 3.8) is 0 Å². The van der Waals surface area contributed by atoms with Crippen molar-refractivity contribution in [2.24, 2.45) is 0 Å². The van der Waals surface area contributed by atoms with Crippen molar-refractivity contribution >= 4 is 21.5 Å². The molecule has 0 spiro atoms. The number of rotatable bonds is 5. The first-order chi connectivity index (χ1) is 20.8. The maximum atomic E-state index is 6.57. The minimum Gasteiger partial charge on any atom is -0.455 e. The predicted octanol–water partition coefficient (Wildman–Crippen LogP) is 11.5. The smallest absolute Gasteiger partial charge is 0.142 e. The zero-order chi connectivity index (χ0) is 27.9. The van der Waals surface area contributed by atoms with Crippen molar-refractivity contribution in [3.8, 4) is 56.4 Å². The molecule has 0 saturated heterocycles. The molecule has 2 nitrogen and oxygen atoms in total. The Hall–Kier alpha value is -5.60. The highest BCUT2D eigenvalue weighted by Crippen LogP contribution is 2.41. The fraction of sp³-hybridized carbons (Fsp3) is 0. The van der Waals surface area contributed by atoms with Crippen LogP contribution in [0.1, 0.15) is 0 Å². The molecule has 198 valence electrons. The Morgan fingerprint density at radius 3 is 1.05 bits per heavy atom. The highest BCUT2D eigenvalue weighted by atomic mass is 16.3. The van der Waals surface area contributed by atoms with E-state index in [2.05, 4.69) is 121 Å². The summed E-state index contributed by atoms with van der Waals surface area (Å²) in [6, 6.07) is 54.7. The Balaban J connectivity index is 1.18. The molecular weight excluding hydrogens is 512 g/mol. The zero-order valence-corrected chi connectivity index (χ0v) is 22.8. The lowest BCUT2D eigenvalue weighted by atomic mass is 9.98. The van der Waals surface area contributed by atoms with Crippen LogP contribution in [0.3, 0.4) is 0 Å². The van der Waals surface area contributed by atoms with Crippen molar-refractivity contribution in [1.82, 2.24) is 0 Å². The summed E-state index contributed by atoms with van der Waals surface area (Å²) >= 11 is 0. The number of benzene rings is 6. The molecule has 0 N–H and O–H groups in total. The molecule has 0 aliphatic carbocycles. The third kappa shape index (κ3) is 4.13. The monoisotopic (exact) mass is 538 g/mol. The third-order valence-electron chi connectivity index (χ3n) is 7.92. The van der Waals surface area contributed by atoms with Crippen LogP contribution in [-0.2, 0) is 0 Å². The fourth-order valence-electron chi connectivity index (χ4n) is 5.87. The highest BCUT2D eigenvalue weighted by molar-refractivity contribution is 6.04. The molecule has 0 radical (unpaired) electrons. The molecule has 8 aromatic rings. The lowest BCUT2D eigenvalue weighted by Gasteiger charge is -2.06. The lowest BCUT2D eigenvalue weighted by Crippen LogP contribution is -1.82. The van der Waals surface area contributed by atoms with E-state index in [1.165, 1.54) is 0 Å². The maximum absolute atomic E-state index is 6.57. The van der Waals surface area contributed by atoms with E-state index >= 15 is 0 Å². The van der Waals surface area contributed by atoms with Gasteiger partial charge in [-0.3, -0.25) is 0 Å². The quantitative estimate of drug-likeness (QED) is 0.218. The Bertz CT molecular complexity index is 2170. The molecule has 0 fully saturated rings. The van der Waals surface area contributed by atoms with E-state index in [0.29, 0.717) is 0 Å². The van der Waals surface area contributed by atoms with Crippen LogP contribution in [0.2, 0.25) is 0 Å². The van der Waals surface area contributed by atoms with Crippen molar-refractivity contribution in [3.05, 3.63) is 158 Å². The summed E-state index contributed by atoms with van der Waals surface area (Å²) in [5.41, 5.74) is 6.54. The standard InChI is InChI=1S/C40H26O2/c1-3-12-28(13-4-1)37-33-18-7-8-19-34(33)39(41-37)30-24-22-27(23-25-30)31-16-11-17-32(26-31)40-36-21-10-9-20-35(36)38(42-40)29-14-5-2-6-15-29/h1-26H. The van der Waals surface area contributed by atoms with Crippen LogP contribution in [-0.4, -0.2) is 0 Å². The van der Waals surface area contributed by atoms with Crippen LogP contribution in [0.15, 0.2) is 167 Å². The van der Waals surface area contributed by atoms with Crippen LogP contribution >= 0.6 is 0 Å². The molecule has 0 aliphatic rings. The molecule has 0 aliphatic heterocycles. The molecular formula is C40H26O2. The van der Waals surface area contributed by atoms with E-state index in [-0.39, 0.29) is 0 Å². The second kappa shape index (κ2) is 10.1. The van der Waals surface area contributed by atoms with Gasteiger partial charge in [0.15, 0.2) is 0 Å². The second-order valence-corrected chi connectivity index (χ2v) is 10.5. The largest absolute Gasteiger partial charge is 0.455 e. The molecule has 0 saturated carbocycles. The molecule has 2 heterocycles. The first kappa shape index (κ1) is 24.2. The lowest BCUT2D eigenvalue weighted by molar-refractivity contribution is 0.602. The van der Waals surface area contributed by atoms with Crippen LogP contribution in [0.4, 0.5) is 0 Å². The zero-order valence-electron chi connectivity index (χ0n) is 22.8. The van der Waals surface area contributed by atoms with Crippen LogP contribution < -0.4 is 0 Å². The second-order valence-electron chi connectivity index (χ2n) is 10.5. The Morgan fingerprint density at radius 1 is 0.238 bits per heavy atom. The van der Waals surface area contributed by atoms with E-state index in [4.69, 9.17) is 8.83 Å². The van der Waals surface area contributed by atoms with Gasteiger partial charge in [0.2, 0.25) is 0 Å². The van der Waals surface area contributed by atoms with Gasteiger partial charge < -0.3 is 8.83 Å². The number of fused-ring (bicyclic) bond motifs is 2. The Kier molecular flexibility index (Phi) is 5.82. The molecule has 8 rings (SSSR count). The van der Waals surface area contributed by atoms with Crippen molar-refractivity contribution in [2.75, 3.05) is 0 Å². The average molecular weight is 539 g/mol. The van der Waals surface area contributed by atoms with E-state index in [1.54, 1.807) is 0 Å². The van der Waals surface area contributed by atoms with Gasteiger partial charge in [-0.05, 0) is 17.2 Å². The van der Waals surface area contributed by atoms with Crippen LogP contribution in [0, 0.1) is 0 Å². The average Bonchev–Trinajstić information content (AvgIpc) is 3.66. The van der Waals surface area contributed by atoms with Gasteiger partial charge in [0, 0.05) is 43.8 Å². The van der Waals surface area contributed by atoms with Crippen molar-refractivity contribution in [2.45, 2.75) is 0 Å². The van der Waals surface area contributed by atoms with Gasteiger partial charge in [-0.2, -0.15) is 0 Å². The molecule has 2 heteroatoms. The van der Waals surface area contributed by atoms with Crippen molar-refractivity contribution in [1.29, 1.82) is 0 Å². The molecule has 0 bridgehead atoms. The van der Waals surface area contributed by atoms with Gasteiger partial charge in [0.1, 0.15) is 23.0 Å². The summed E-state index contributed by atoms with van der Waals surface area (Å²) in [4.78, 5) is 0. The Morgan fingerprint density at radius 2 is 0.571 bits per heavy atom. The van der Waals surface area contributed by atoms with Crippen LogP contribution in [0.5, 0.6) is 0 Å². The summed E-state index contributed by atoms with van der Waals surface area (Å²) in [5, 5.41) is 4.47. The summed E-state index contributed by atoms with van der Waals surface area (Å²) in [5.74, 6) is 3.58. The van der Waals surface area contributed by atoms with Crippen LogP contribution in [0.25, 0.3) is 78.0 Å². The Labute approximate surface area is 244 Å². The molecule has 0 amide bonds. The molecule has 42 heavy (non-hydrogen) atoms. The fourth-order valence-corrected chi connectivity index (χ4v) is 5.87. The predicted molar refractivity (Wildman–Crippen MR) is 173 cm³/mol. The van der Waals surface area contributed by atoms with Gasteiger partial charge in [0.25, 0.3) is 0 Å². The van der Waals surface area contributed by atoms with Crippen molar-refractivity contribution < 1.29 is 8.83 Å². The minimum absolute atomic E-state index is 0.887.